The van der Waals surface area contributed by atoms with Crippen LogP contribution in [-0.4, -0.2) is 13.0 Å². The minimum absolute atomic E-state index is 0.245. The largest absolute Gasteiger partial charge is 0.573 e. The van der Waals surface area contributed by atoms with Crippen LogP contribution in [0, 0.1) is 0 Å². The minimum Gasteiger partial charge on any atom is -0.494 e. The van der Waals surface area contributed by atoms with E-state index in [1.54, 1.807) is 6.92 Å². The fourth-order valence-corrected chi connectivity index (χ4v) is 1.59. The van der Waals surface area contributed by atoms with E-state index in [4.69, 9.17) is 4.74 Å². The Bertz CT molecular complexity index is 352. The summed E-state index contributed by atoms with van der Waals surface area (Å²) >= 11 is 3.18. The zero-order chi connectivity index (χ0) is 12.2. The maximum absolute atomic E-state index is 12.0. The number of benzene rings is 1. The van der Waals surface area contributed by atoms with Gasteiger partial charge in [0.2, 0.25) is 0 Å². The number of alkyl halides is 4. The van der Waals surface area contributed by atoms with Crippen molar-refractivity contribution < 1.29 is 22.6 Å². The lowest BCUT2D eigenvalue weighted by molar-refractivity contribution is -0.274. The third-order valence-corrected chi connectivity index (χ3v) is 2.31. The molecular formula is C10H10BrF3O2. The van der Waals surface area contributed by atoms with E-state index in [0.717, 1.165) is 0 Å². The SMILES string of the molecule is CCOc1ccc(OC(F)(F)F)cc1CBr. The van der Waals surface area contributed by atoms with Crippen LogP contribution in [0.2, 0.25) is 0 Å². The summed E-state index contributed by atoms with van der Waals surface area (Å²) in [7, 11) is 0. The van der Waals surface area contributed by atoms with E-state index in [2.05, 4.69) is 20.7 Å². The van der Waals surface area contributed by atoms with Gasteiger partial charge in [0.1, 0.15) is 11.5 Å². The molecule has 0 amide bonds. The van der Waals surface area contributed by atoms with Crippen LogP contribution in [0.25, 0.3) is 0 Å². The van der Waals surface area contributed by atoms with Crippen molar-refractivity contribution in [2.45, 2.75) is 18.6 Å². The van der Waals surface area contributed by atoms with Gasteiger partial charge in [0, 0.05) is 10.9 Å². The standard InChI is InChI=1S/C10H10BrF3O2/c1-2-15-9-4-3-8(5-7(9)6-11)16-10(12,13)14/h3-5H,2,6H2,1H3. The third kappa shape index (κ3) is 3.92. The Hall–Kier alpha value is -0.910. The molecule has 0 spiro atoms. The highest BCUT2D eigenvalue weighted by Crippen LogP contribution is 2.29. The van der Waals surface area contributed by atoms with Gasteiger partial charge >= 0.3 is 6.36 Å². The highest BCUT2D eigenvalue weighted by Gasteiger charge is 2.31. The van der Waals surface area contributed by atoms with E-state index in [1.807, 2.05) is 0 Å². The van der Waals surface area contributed by atoms with Crippen LogP contribution in [0.4, 0.5) is 13.2 Å². The third-order valence-electron chi connectivity index (χ3n) is 1.71. The smallest absolute Gasteiger partial charge is 0.494 e. The number of rotatable bonds is 4. The molecule has 0 N–H and O–H groups in total. The van der Waals surface area contributed by atoms with Crippen LogP contribution in [0.3, 0.4) is 0 Å². The molecule has 1 aromatic carbocycles. The van der Waals surface area contributed by atoms with Gasteiger partial charge in [-0.2, -0.15) is 0 Å². The van der Waals surface area contributed by atoms with Crippen molar-refractivity contribution in [1.29, 1.82) is 0 Å². The molecule has 0 aliphatic heterocycles. The highest BCUT2D eigenvalue weighted by molar-refractivity contribution is 9.08. The summed E-state index contributed by atoms with van der Waals surface area (Å²) in [5, 5.41) is 0.400. The van der Waals surface area contributed by atoms with Gasteiger partial charge in [-0.05, 0) is 25.1 Å². The molecule has 90 valence electrons. The Labute approximate surface area is 99.5 Å². The average molecular weight is 299 g/mol. The van der Waals surface area contributed by atoms with Gasteiger partial charge in [0.25, 0.3) is 0 Å². The summed E-state index contributed by atoms with van der Waals surface area (Å²) in [5.41, 5.74) is 0.614. The van der Waals surface area contributed by atoms with E-state index < -0.39 is 6.36 Å². The molecule has 0 radical (unpaired) electrons. The molecule has 16 heavy (non-hydrogen) atoms. The summed E-state index contributed by atoms with van der Waals surface area (Å²) in [6.45, 7) is 2.26. The van der Waals surface area contributed by atoms with E-state index in [0.29, 0.717) is 23.2 Å². The first-order valence-electron chi connectivity index (χ1n) is 4.53. The molecule has 0 saturated carbocycles. The van der Waals surface area contributed by atoms with E-state index >= 15 is 0 Å². The maximum atomic E-state index is 12.0. The molecule has 0 aromatic heterocycles. The normalized spacial score (nSPS) is 11.3. The van der Waals surface area contributed by atoms with Crippen molar-refractivity contribution >= 4 is 15.9 Å². The molecule has 0 aliphatic rings. The van der Waals surface area contributed by atoms with Gasteiger partial charge in [0.15, 0.2) is 0 Å². The van der Waals surface area contributed by atoms with Gasteiger partial charge in [0.05, 0.1) is 6.61 Å². The quantitative estimate of drug-likeness (QED) is 0.786. The molecule has 0 fully saturated rings. The molecule has 0 heterocycles. The maximum Gasteiger partial charge on any atom is 0.573 e. The predicted octanol–water partition coefficient (Wildman–Crippen LogP) is 3.88. The zero-order valence-electron chi connectivity index (χ0n) is 8.47. The summed E-state index contributed by atoms with van der Waals surface area (Å²) in [5.74, 6) is 0.305. The molecule has 0 unspecified atom stereocenters. The summed E-state index contributed by atoms with van der Waals surface area (Å²) in [4.78, 5) is 0. The van der Waals surface area contributed by atoms with E-state index in [-0.39, 0.29) is 5.75 Å². The fraction of sp³-hybridized carbons (Fsp3) is 0.400. The second-order valence-corrected chi connectivity index (χ2v) is 3.44. The Kier molecular flexibility index (Phi) is 4.46. The van der Waals surface area contributed by atoms with E-state index in [1.165, 1.54) is 18.2 Å². The van der Waals surface area contributed by atoms with Gasteiger partial charge in [-0.1, -0.05) is 15.9 Å². The van der Waals surface area contributed by atoms with Crippen molar-refractivity contribution in [3.63, 3.8) is 0 Å². The van der Waals surface area contributed by atoms with Crippen LogP contribution in [0.1, 0.15) is 12.5 Å². The van der Waals surface area contributed by atoms with Crippen molar-refractivity contribution in [2.24, 2.45) is 0 Å². The molecule has 0 atom stereocenters. The second kappa shape index (κ2) is 5.43. The number of hydrogen-bond acceptors (Lipinski definition) is 2. The lowest BCUT2D eigenvalue weighted by Gasteiger charge is -2.12. The van der Waals surface area contributed by atoms with Crippen LogP contribution in [-0.2, 0) is 5.33 Å². The zero-order valence-corrected chi connectivity index (χ0v) is 10.1. The summed E-state index contributed by atoms with van der Waals surface area (Å²) < 4.78 is 44.9. The molecule has 0 bridgehead atoms. The first-order valence-corrected chi connectivity index (χ1v) is 5.66. The number of halogens is 4. The number of hydrogen-bond donors (Lipinski definition) is 0. The van der Waals surface area contributed by atoms with Crippen molar-refractivity contribution in [2.75, 3.05) is 6.61 Å². The Morgan fingerprint density at radius 1 is 1.31 bits per heavy atom. The van der Waals surface area contributed by atoms with Crippen LogP contribution in [0.15, 0.2) is 18.2 Å². The molecule has 1 rings (SSSR count). The molecule has 0 saturated heterocycles. The predicted molar refractivity (Wildman–Crippen MR) is 56.9 cm³/mol. The number of ether oxygens (including phenoxy) is 2. The van der Waals surface area contributed by atoms with Gasteiger partial charge in [-0.15, -0.1) is 13.2 Å². The molecule has 6 heteroatoms. The Morgan fingerprint density at radius 3 is 2.50 bits per heavy atom. The van der Waals surface area contributed by atoms with Gasteiger partial charge in [-0.3, -0.25) is 0 Å². The summed E-state index contributed by atoms with van der Waals surface area (Å²) in [6, 6.07) is 3.99. The van der Waals surface area contributed by atoms with Crippen LogP contribution in [0.5, 0.6) is 11.5 Å². The fourth-order valence-electron chi connectivity index (χ4n) is 1.15. The van der Waals surface area contributed by atoms with Gasteiger partial charge < -0.3 is 9.47 Å². The molecule has 0 aliphatic carbocycles. The van der Waals surface area contributed by atoms with Crippen LogP contribution >= 0.6 is 15.9 Å². The Balaban J connectivity index is 2.90. The lowest BCUT2D eigenvalue weighted by Crippen LogP contribution is -2.17. The average Bonchev–Trinajstić information content (AvgIpc) is 2.18. The van der Waals surface area contributed by atoms with Crippen molar-refractivity contribution in [1.82, 2.24) is 0 Å². The van der Waals surface area contributed by atoms with Gasteiger partial charge in [-0.25, -0.2) is 0 Å². The molecular weight excluding hydrogens is 289 g/mol. The lowest BCUT2D eigenvalue weighted by atomic mass is 10.2. The monoisotopic (exact) mass is 298 g/mol. The van der Waals surface area contributed by atoms with E-state index in [9.17, 15) is 13.2 Å². The van der Waals surface area contributed by atoms with Crippen LogP contribution < -0.4 is 9.47 Å². The second-order valence-electron chi connectivity index (χ2n) is 2.88. The Morgan fingerprint density at radius 2 is 2.00 bits per heavy atom. The highest BCUT2D eigenvalue weighted by atomic mass is 79.9. The first kappa shape index (κ1) is 13.2. The van der Waals surface area contributed by atoms with Crippen molar-refractivity contribution in [3.05, 3.63) is 23.8 Å². The minimum atomic E-state index is -4.67. The molecule has 2 nitrogen and oxygen atoms in total. The van der Waals surface area contributed by atoms with Crippen molar-refractivity contribution in [3.8, 4) is 11.5 Å². The topological polar surface area (TPSA) is 18.5 Å². The molecule has 1 aromatic rings. The summed E-state index contributed by atoms with van der Waals surface area (Å²) in [6.07, 6.45) is -4.67. The first-order chi connectivity index (χ1) is 7.46.